The van der Waals surface area contributed by atoms with Gasteiger partial charge in [-0.1, -0.05) is 63.1 Å². The van der Waals surface area contributed by atoms with E-state index in [1.807, 2.05) is 18.2 Å². The Kier molecular flexibility index (Phi) is 11.3. The van der Waals surface area contributed by atoms with Gasteiger partial charge in [0, 0.05) is 24.3 Å². The molecule has 6 nitrogen and oxygen atoms in total. The van der Waals surface area contributed by atoms with Gasteiger partial charge in [0.1, 0.15) is 18.8 Å². The number of hydrogen-bond acceptors (Lipinski definition) is 6. The van der Waals surface area contributed by atoms with Crippen LogP contribution in [0.5, 0.6) is 0 Å². The van der Waals surface area contributed by atoms with Gasteiger partial charge in [-0.25, -0.2) is 4.79 Å². The highest BCUT2D eigenvalue weighted by atomic mass is 16.6. The Balaban J connectivity index is 0.000000244. The smallest absolute Gasteiger partial charge is 0.336 e. The zero-order chi connectivity index (χ0) is 21.4. The van der Waals surface area contributed by atoms with Gasteiger partial charge in [0.05, 0.1) is 0 Å². The van der Waals surface area contributed by atoms with Crippen molar-refractivity contribution in [2.75, 3.05) is 13.2 Å². The van der Waals surface area contributed by atoms with Crippen molar-refractivity contribution in [3.8, 4) is 0 Å². The summed E-state index contributed by atoms with van der Waals surface area (Å²) < 4.78 is 14.9. The third-order valence-corrected chi connectivity index (χ3v) is 4.90. The van der Waals surface area contributed by atoms with Crippen molar-refractivity contribution in [1.29, 1.82) is 0 Å². The number of cyclic esters (lactones) is 2. The van der Waals surface area contributed by atoms with Crippen molar-refractivity contribution in [3.63, 3.8) is 0 Å². The molecule has 1 fully saturated rings. The maximum absolute atomic E-state index is 11.3. The van der Waals surface area contributed by atoms with Crippen molar-refractivity contribution in [2.24, 2.45) is 0 Å². The second-order valence-corrected chi connectivity index (χ2v) is 7.42. The lowest BCUT2D eigenvalue weighted by Gasteiger charge is -2.06. The standard InChI is InChI=1S/C15H26O4.C9H6O2/c16-14-10-8-6-4-2-1-3-5-7-9-11-15(17)19-13-12-18-14;10-9-6-5-7-3-1-2-4-8(7)11-9/h1-13H2;1-6H. The number of esters is 2. The fourth-order valence-electron chi connectivity index (χ4n) is 3.24. The van der Waals surface area contributed by atoms with E-state index in [-0.39, 0.29) is 30.8 Å². The van der Waals surface area contributed by atoms with E-state index in [1.54, 1.807) is 12.1 Å². The molecule has 0 atom stereocenters. The molecule has 0 aliphatic carbocycles. The molecule has 0 bridgehead atoms. The van der Waals surface area contributed by atoms with E-state index >= 15 is 0 Å². The number of carbonyl (C=O) groups is 2. The molecule has 1 aliphatic heterocycles. The molecule has 1 saturated heterocycles. The van der Waals surface area contributed by atoms with Gasteiger partial charge in [0.2, 0.25) is 0 Å². The predicted octanol–water partition coefficient (Wildman–Crippen LogP) is 5.17. The van der Waals surface area contributed by atoms with Crippen LogP contribution in [0.1, 0.15) is 70.6 Å². The molecular weight excluding hydrogens is 384 g/mol. The van der Waals surface area contributed by atoms with E-state index in [4.69, 9.17) is 13.9 Å². The zero-order valence-corrected chi connectivity index (χ0v) is 17.6. The molecule has 30 heavy (non-hydrogen) atoms. The van der Waals surface area contributed by atoms with E-state index < -0.39 is 0 Å². The summed E-state index contributed by atoms with van der Waals surface area (Å²) in [5.74, 6) is -0.360. The second kappa shape index (κ2) is 14.4. The number of para-hydroxylation sites is 1. The molecule has 0 saturated carbocycles. The molecule has 1 aromatic carbocycles. The van der Waals surface area contributed by atoms with Crippen LogP contribution in [0, 0.1) is 0 Å². The van der Waals surface area contributed by atoms with Gasteiger partial charge < -0.3 is 13.9 Å². The predicted molar refractivity (Wildman–Crippen MR) is 115 cm³/mol. The van der Waals surface area contributed by atoms with Crippen LogP contribution in [0.25, 0.3) is 11.0 Å². The summed E-state index contributed by atoms with van der Waals surface area (Å²) in [5, 5.41) is 0.951. The molecule has 6 heteroatoms. The Hall–Kier alpha value is -2.63. The molecule has 0 unspecified atom stereocenters. The largest absolute Gasteiger partial charge is 0.462 e. The van der Waals surface area contributed by atoms with Crippen molar-refractivity contribution < 1.29 is 23.5 Å². The van der Waals surface area contributed by atoms with Gasteiger partial charge in [0.15, 0.2) is 0 Å². The van der Waals surface area contributed by atoms with Crippen LogP contribution >= 0.6 is 0 Å². The number of fused-ring (bicyclic) bond motifs is 1. The SMILES string of the molecule is O=C1CCCCCCCCCCCC(=O)OCCO1.O=c1ccc2ccccc2o1. The van der Waals surface area contributed by atoms with Crippen molar-refractivity contribution in [3.05, 3.63) is 46.8 Å². The first kappa shape index (κ1) is 23.6. The summed E-state index contributed by atoms with van der Waals surface area (Å²) in [4.78, 5) is 33.4. The van der Waals surface area contributed by atoms with Crippen molar-refractivity contribution in [1.82, 2.24) is 0 Å². The molecule has 1 aliphatic rings. The lowest BCUT2D eigenvalue weighted by atomic mass is 10.1. The van der Waals surface area contributed by atoms with Gasteiger partial charge >= 0.3 is 17.6 Å². The molecule has 0 spiro atoms. The third-order valence-electron chi connectivity index (χ3n) is 4.90. The molecule has 0 radical (unpaired) electrons. The molecule has 2 aromatic rings. The molecule has 1 aromatic heterocycles. The molecule has 164 valence electrons. The lowest BCUT2D eigenvalue weighted by molar-refractivity contribution is -0.152. The van der Waals surface area contributed by atoms with Crippen LogP contribution in [-0.2, 0) is 19.1 Å². The maximum atomic E-state index is 11.3. The van der Waals surface area contributed by atoms with Crippen molar-refractivity contribution in [2.45, 2.75) is 70.6 Å². The highest BCUT2D eigenvalue weighted by Gasteiger charge is 2.06. The van der Waals surface area contributed by atoms with Gasteiger partial charge in [-0.15, -0.1) is 0 Å². The topological polar surface area (TPSA) is 82.8 Å². The molecular formula is C24H32O6. The quantitative estimate of drug-likeness (QED) is 0.435. The van der Waals surface area contributed by atoms with Crippen LogP contribution in [-0.4, -0.2) is 25.2 Å². The fourth-order valence-corrected chi connectivity index (χ4v) is 3.24. The monoisotopic (exact) mass is 416 g/mol. The van der Waals surface area contributed by atoms with Gasteiger partial charge in [-0.05, 0) is 25.0 Å². The van der Waals surface area contributed by atoms with Crippen LogP contribution in [0.4, 0.5) is 0 Å². The fraction of sp³-hybridized carbons (Fsp3) is 0.542. The van der Waals surface area contributed by atoms with Gasteiger partial charge in [0.25, 0.3) is 0 Å². The number of carbonyl (C=O) groups excluding carboxylic acids is 2. The average molecular weight is 417 g/mol. The van der Waals surface area contributed by atoms with E-state index in [9.17, 15) is 14.4 Å². The van der Waals surface area contributed by atoms with E-state index in [0.717, 1.165) is 31.1 Å². The van der Waals surface area contributed by atoms with E-state index in [1.165, 1.54) is 38.2 Å². The summed E-state index contributed by atoms with van der Waals surface area (Å²) in [6.45, 7) is 0.370. The summed E-state index contributed by atoms with van der Waals surface area (Å²) >= 11 is 0. The molecule has 2 heterocycles. The zero-order valence-electron chi connectivity index (χ0n) is 17.6. The highest BCUT2D eigenvalue weighted by Crippen LogP contribution is 2.12. The second-order valence-electron chi connectivity index (χ2n) is 7.42. The minimum atomic E-state index is -0.302. The summed E-state index contributed by atoms with van der Waals surface area (Å²) in [6, 6.07) is 10.6. The Morgan fingerprint density at radius 2 is 1.07 bits per heavy atom. The van der Waals surface area contributed by atoms with Crippen LogP contribution in [0.15, 0.2) is 45.6 Å². The maximum Gasteiger partial charge on any atom is 0.336 e. The minimum absolute atomic E-state index is 0.180. The normalized spacial score (nSPS) is 17.7. The van der Waals surface area contributed by atoms with Crippen LogP contribution in [0.3, 0.4) is 0 Å². The first-order chi connectivity index (χ1) is 14.6. The Morgan fingerprint density at radius 1 is 0.567 bits per heavy atom. The Morgan fingerprint density at radius 3 is 1.63 bits per heavy atom. The lowest BCUT2D eigenvalue weighted by Crippen LogP contribution is -2.13. The third kappa shape index (κ3) is 10.2. The van der Waals surface area contributed by atoms with Gasteiger partial charge in [-0.2, -0.15) is 0 Å². The average Bonchev–Trinajstić information content (AvgIpc) is 2.75. The molecule has 3 rings (SSSR count). The van der Waals surface area contributed by atoms with Crippen LogP contribution < -0.4 is 5.63 Å². The van der Waals surface area contributed by atoms with E-state index in [2.05, 4.69) is 0 Å². The molecule has 0 N–H and O–H groups in total. The van der Waals surface area contributed by atoms with Crippen molar-refractivity contribution >= 4 is 22.9 Å². The molecule has 0 amide bonds. The first-order valence-corrected chi connectivity index (χ1v) is 11.0. The summed E-state index contributed by atoms with van der Waals surface area (Å²) in [6.07, 6.45) is 11.1. The Labute approximate surface area is 177 Å². The number of rotatable bonds is 0. The summed E-state index contributed by atoms with van der Waals surface area (Å²) in [7, 11) is 0. The van der Waals surface area contributed by atoms with Gasteiger partial charge in [-0.3, -0.25) is 9.59 Å². The highest BCUT2D eigenvalue weighted by molar-refractivity contribution is 5.75. The van der Waals surface area contributed by atoms with E-state index in [0.29, 0.717) is 18.4 Å². The number of ether oxygens (including phenoxy) is 2. The first-order valence-electron chi connectivity index (χ1n) is 11.0. The minimum Gasteiger partial charge on any atom is -0.462 e. The summed E-state index contributed by atoms with van der Waals surface area (Å²) in [5.41, 5.74) is 0.337. The number of hydrogen-bond donors (Lipinski definition) is 0. The number of benzene rings is 1. The Bertz CT molecular complexity index is 800. The van der Waals surface area contributed by atoms with Crippen LogP contribution in [0.2, 0.25) is 0 Å².